The van der Waals surface area contributed by atoms with Crippen LogP contribution in [0.3, 0.4) is 0 Å². The zero-order valence-corrected chi connectivity index (χ0v) is 21.0. The second-order valence-electron chi connectivity index (χ2n) is 8.90. The van der Waals surface area contributed by atoms with Gasteiger partial charge in [0.25, 0.3) is 0 Å². The molecule has 2 N–H and O–H groups in total. The van der Waals surface area contributed by atoms with Gasteiger partial charge in [0.1, 0.15) is 35.0 Å². The number of hydrogen-bond acceptors (Lipinski definition) is 10. The van der Waals surface area contributed by atoms with Crippen LogP contribution in [0, 0.1) is 0 Å². The number of esters is 3. The van der Waals surface area contributed by atoms with Crippen LogP contribution in [0.5, 0.6) is 17.2 Å². The van der Waals surface area contributed by atoms with E-state index in [9.17, 15) is 19.5 Å². The third-order valence-corrected chi connectivity index (χ3v) is 5.98. The molecular formula is C28H26O10. The van der Waals surface area contributed by atoms with Gasteiger partial charge in [0.15, 0.2) is 6.79 Å². The SMILES string of the molecule is CC1(C)OCc2cccc(O)c21.COCOc1cccc2c1C(=O)OC2.O=C1OC(=O)c2c(O)cccc21. The highest BCUT2D eigenvalue weighted by molar-refractivity contribution is 6.16. The number of fused-ring (bicyclic) bond motifs is 3. The van der Waals surface area contributed by atoms with E-state index in [2.05, 4.69) is 4.74 Å². The van der Waals surface area contributed by atoms with Gasteiger partial charge in [-0.25, -0.2) is 14.4 Å². The quantitative estimate of drug-likeness (QED) is 0.292. The number of phenolic OH excluding ortho intramolecular Hbond substituents is 2. The van der Waals surface area contributed by atoms with E-state index in [0.29, 0.717) is 30.3 Å². The molecular weight excluding hydrogens is 496 g/mol. The number of ether oxygens (including phenoxy) is 5. The van der Waals surface area contributed by atoms with E-state index in [0.717, 1.165) is 16.7 Å². The molecule has 0 radical (unpaired) electrons. The zero-order chi connectivity index (χ0) is 27.4. The fraction of sp³-hybridized carbons (Fsp3) is 0.250. The number of cyclic esters (lactones) is 3. The highest BCUT2D eigenvalue weighted by atomic mass is 16.7. The molecule has 10 heteroatoms. The molecule has 0 fully saturated rings. The molecule has 0 saturated heterocycles. The fourth-order valence-electron chi connectivity index (χ4n) is 4.23. The summed E-state index contributed by atoms with van der Waals surface area (Å²) in [6.07, 6.45) is 0. The van der Waals surface area contributed by atoms with Crippen LogP contribution in [0.2, 0.25) is 0 Å². The molecule has 3 heterocycles. The number of carbonyl (C=O) groups is 3. The van der Waals surface area contributed by atoms with E-state index in [1.807, 2.05) is 38.1 Å². The van der Waals surface area contributed by atoms with Gasteiger partial charge in [0, 0.05) is 18.2 Å². The van der Waals surface area contributed by atoms with Gasteiger partial charge in [-0.15, -0.1) is 0 Å². The summed E-state index contributed by atoms with van der Waals surface area (Å²) >= 11 is 0. The van der Waals surface area contributed by atoms with Crippen LogP contribution >= 0.6 is 0 Å². The Morgan fingerprint density at radius 3 is 2.21 bits per heavy atom. The van der Waals surface area contributed by atoms with Crippen molar-refractivity contribution in [1.82, 2.24) is 0 Å². The van der Waals surface area contributed by atoms with Crippen LogP contribution in [0.15, 0.2) is 54.6 Å². The van der Waals surface area contributed by atoms with Crippen molar-refractivity contribution in [3.05, 3.63) is 88.0 Å². The van der Waals surface area contributed by atoms with Crippen LogP contribution in [0.4, 0.5) is 0 Å². The molecule has 10 nitrogen and oxygen atoms in total. The Bertz CT molecular complexity index is 1390. The van der Waals surface area contributed by atoms with Gasteiger partial charge >= 0.3 is 17.9 Å². The summed E-state index contributed by atoms with van der Waals surface area (Å²) in [6, 6.07) is 15.2. The molecule has 3 aromatic rings. The lowest BCUT2D eigenvalue weighted by atomic mass is 9.95. The minimum Gasteiger partial charge on any atom is -0.508 e. The molecule has 38 heavy (non-hydrogen) atoms. The van der Waals surface area contributed by atoms with Crippen molar-refractivity contribution in [2.45, 2.75) is 32.7 Å². The van der Waals surface area contributed by atoms with E-state index < -0.39 is 11.9 Å². The minimum atomic E-state index is -0.784. The van der Waals surface area contributed by atoms with Crippen molar-refractivity contribution in [3.63, 3.8) is 0 Å². The summed E-state index contributed by atoms with van der Waals surface area (Å²) < 4.78 is 24.7. The summed E-state index contributed by atoms with van der Waals surface area (Å²) in [5, 5.41) is 18.8. The lowest BCUT2D eigenvalue weighted by Gasteiger charge is -2.18. The second-order valence-corrected chi connectivity index (χ2v) is 8.90. The van der Waals surface area contributed by atoms with Gasteiger partial charge < -0.3 is 33.9 Å². The number of carbonyl (C=O) groups excluding carboxylic acids is 3. The average Bonchev–Trinajstić information content (AvgIpc) is 3.52. The monoisotopic (exact) mass is 522 g/mol. The Morgan fingerprint density at radius 1 is 0.816 bits per heavy atom. The standard InChI is InChI=1S/C10H10O4.C10H12O2.C8H4O4/c1-12-6-14-8-4-2-3-7-5-13-10(11)9(7)8;1-10(2)9-7(6-12-10)4-3-5-8(9)11;9-5-3-1-2-4-6(5)8(11)12-7(4)10/h2-4H,5-6H2,1H3;3-5,11H,6H2,1-2H3;1-3,9H. The molecule has 0 aromatic heterocycles. The highest BCUT2D eigenvalue weighted by Crippen LogP contribution is 2.40. The smallest absolute Gasteiger partial charge is 0.350 e. The van der Waals surface area contributed by atoms with Gasteiger partial charge in [-0.3, -0.25) is 0 Å². The number of benzene rings is 3. The second kappa shape index (κ2) is 10.9. The Labute approximate surface area is 218 Å². The van der Waals surface area contributed by atoms with Crippen LogP contribution in [0.1, 0.15) is 61.6 Å². The summed E-state index contributed by atoms with van der Waals surface area (Å²) in [6.45, 7) is 5.01. The van der Waals surface area contributed by atoms with Crippen molar-refractivity contribution < 1.29 is 48.3 Å². The Balaban J connectivity index is 0.000000133. The fourth-order valence-corrected chi connectivity index (χ4v) is 4.23. The first-order valence-electron chi connectivity index (χ1n) is 11.6. The van der Waals surface area contributed by atoms with E-state index in [-0.39, 0.29) is 35.2 Å². The zero-order valence-electron chi connectivity index (χ0n) is 21.0. The molecule has 3 aliphatic heterocycles. The first-order chi connectivity index (χ1) is 18.1. The molecule has 0 aliphatic carbocycles. The number of rotatable bonds is 3. The van der Waals surface area contributed by atoms with E-state index >= 15 is 0 Å². The summed E-state index contributed by atoms with van der Waals surface area (Å²) in [5.41, 5.74) is 3.17. The Hall–Kier alpha value is -4.41. The normalized spacial score (nSPS) is 15.6. The molecule has 0 unspecified atom stereocenters. The largest absolute Gasteiger partial charge is 0.508 e. The predicted octanol–water partition coefficient (Wildman–Crippen LogP) is 4.20. The van der Waals surface area contributed by atoms with Crippen LogP contribution in [0.25, 0.3) is 0 Å². The molecule has 3 aliphatic rings. The molecule has 0 bridgehead atoms. The molecule has 0 saturated carbocycles. The molecule has 6 rings (SSSR count). The topological polar surface area (TPSA) is 138 Å². The molecule has 0 atom stereocenters. The van der Waals surface area contributed by atoms with Crippen molar-refractivity contribution >= 4 is 17.9 Å². The number of phenols is 2. The summed E-state index contributed by atoms with van der Waals surface area (Å²) in [7, 11) is 1.53. The van der Waals surface area contributed by atoms with E-state index in [4.69, 9.17) is 24.1 Å². The molecule has 0 spiro atoms. The number of hydrogen-bond donors (Lipinski definition) is 2. The first-order valence-corrected chi connectivity index (χ1v) is 11.6. The summed E-state index contributed by atoms with van der Waals surface area (Å²) in [5.74, 6) is -1.17. The predicted molar refractivity (Wildman–Crippen MR) is 132 cm³/mol. The van der Waals surface area contributed by atoms with Crippen molar-refractivity contribution in [3.8, 4) is 17.2 Å². The van der Waals surface area contributed by atoms with Crippen molar-refractivity contribution in [2.24, 2.45) is 0 Å². The molecule has 198 valence electrons. The maximum atomic E-state index is 11.3. The lowest BCUT2D eigenvalue weighted by Crippen LogP contribution is -2.14. The van der Waals surface area contributed by atoms with Crippen LogP contribution in [-0.2, 0) is 37.8 Å². The minimum absolute atomic E-state index is 0.0394. The van der Waals surface area contributed by atoms with E-state index in [1.165, 1.54) is 25.3 Å². The maximum Gasteiger partial charge on any atom is 0.350 e. The van der Waals surface area contributed by atoms with Gasteiger partial charge in [-0.2, -0.15) is 0 Å². The van der Waals surface area contributed by atoms with Gasteiger partial charge in [-0.1, -0.05) is 30.3 Å². The maximum absolute atomic E-state index is 11.3. The lowest BCUT2D eigenvalue weighted by molar-refractivity contribution is -0.00891. The number of aromatic hydroxyl groups is 2. The van der Waals surface area contributed by atoms with Gasteiger partial charge in [0.05, 0.1) is 17.8 Å². The number of methoxy groups -OCH3 is 1. The summed E-state index contributed by atoms with van der Waals surface area (Å²) in [4.78, 5) is 33.1. The highest BCUT2D eigenvalue weighted by Gasteiger charge is 2.33. The molecule has 3 aromatic carbocycles. The first kappa shape index (κ1) is 26.6. The van der Waals surface area contributed by atoms with Gasteiger partial charge in [0.2, 0.25) is 0 Å². The Kier molecular flexibility index (Phi) is 7.65. The third-order valence-electron chi connectivity index (χ3n) is 5.98. The van der Waals surface area contributed by atoms with E-state index in [1.54, 1.807) is 12.1 Å². The molecule has 0 amide bonds. The van der Waals surface area contributed by atoms with Crippen LogP contribution in [-0.4, -0.2) is 42.0 Å². The van der Waals surface area contributed by atoms with Crippen molar-refractivity contribution in [2.75, 3.05) is 13.9 Å². The van der Waals surface area contributed by atoms with Crippen LogP contribution < -0.4 is 4.74 Å². The van der Waals surface area contributed by atoms with Crippen molar-refractivity contribution in [1.29, 1.82) is 0 Å². The Morgan fingerprint density at radius 2 is 1.50 bits per heavy atom. The average molecular weight is 523 g/mol. The third kappa shape index (κ3) is 5.31. The van der Waals surface area contributed by atoms with Gasteiger partial charge in [-0.05, 0) is 43.7 Å².